The second-order valence-corrected chi connectivity index (χ2v) is 6.98. The van der Waals surface area contributed by atoms with E-state index in [1.165, 1.54) is 21.3 Å². The first kappa shape index (κ1) is 20.0. The van der Waals surface area contributed by atoms with Gasteiger partial charge in [-0.1, -0.05) is 24.3 Å². The van der Waals surface area contributed by atoms with Gasteiger partial charge in [0.2, 0.25) is 5.75 Å². The first-order chi connectivity index (χ1) is 14.6. The summed E-state index contributed by atoms with van der Waals surface area (Å²) in [7, 11) is 4.59. The number of hydrogen-bond donors (Lipinski definition) is 0. The Bertz CT molecular complexity index is 1040. The Morgan fingerprint density at radius 2 is 1.73 bits per heavy atom. The molecule has 0 bridgehead atoms. The number of carbonyl (C=O) groups excluding carboxylic acids is 1. The fourth-order valence-corrected chi connectivity index (χ4v) is 3.68. The topological polar surface area (TPSA) is 70.1 Å². The van der Waals surface area contributed by atoms with Crippen LogP contribution in [0.4, 0.5) is 0 Å². The Kier molecular flexibility index (Phi) is 5.72. The summed E-state index contributed by atoms with van der Waals surface area (Å²) in [5, 5.41) is 2.17. The Balaban J connectivity index is 1.59. The van der Waals surface area contributed by atoms with E-state index in [4.69, 9.17) is 18.9 Å². The minimum atomic E-state index is -0.283. The molecule has 0 aliphatic carbocycles. The van der Waals surface area contributed by atoms with E-state index in [-0.39, 0.29) is 12.0 Å². The van der Waals surface area contributed by atoms with Gasteiger partial charge >= 0.3 is 0 Å². The summed E-state index contributed by atoms with van der Waals surface area (Å²) in [4.78, 5) is 19.5. The van der Waals surface area contributed by atoms with Crippen LogP contribution in [-0.2, 0) is 4.74 Å². The first-order valence-electron chi connectivity index (χ1n) is 9.70. The van der Waals surface area contributed by atoms with Crippen LogP contribution in [0, 0.1) is 0 Å². The Labute approximate surface area is 175 Å². The molecule has 0 radical (unpaired) electrons. The highest BCUT2D eigenvalue weighted by atomic mass is 16.5. The van der Waals surface area contributed by atoms with Crippen molar-refractivity contribution in [2.75, 3.05) is 41.0 Å². The predicted octanol–water partition coefficient (Wildman–Crippen LogP) is 3.47. The zero-order chi connectivity index (χ0) is 21.1. The molecule has 2 aromatic carbocycles. The normalized spacial score (nSPS) is 16.4. The van der Waals surface area contributed by atoms with E-state index in [9.17, 15) is 4.79 Å². The maximum atomic E-state index is 13.2. The van der Waals surface area contributed by atoms with Crippen molar-refractivity contribution in [2.45, 2.75) is 6.10 Å². The number of amides is 1. The van der Waals surface area contributed by atoms with Crippen LogP contribution < -0.4 is 14.2 Å². The number of hydrogen-bond acceptors (Lipinski definition) is 6. The minimum absolute atomic E-state index is 0.122. The van der Waals surface area contributed by atoms with E-state index in [0.29, 0.717) is 42.5 Å². The van der Waals surface area contributed by atoms with Crippen LogP contribution in [0.25, 0.3) is 10.8 Å². The third-order valence-electron chi connectivity index (χ3n) is 5.25. The monoisotopic (exact) mass is 408 g/mol. The standard InChI is InChI=1S/C23H24N2O5/c1-27-19-11-17(12-20(28-2)22(19)29-3)23(26)25-8-9-30-21(14-25)18-10-15-6-4-5-7-16(15)13-24-18/h4-7,10-13,21H,8-9,14H2,1-3H3/t21-/m1/s1. The number of benzene rings is 2. The van der Waals surface area contributed by atoms with Gasteiger partial charge in [-0.2, -0.15) is 0 Å². The number of carbonyl (C=O) groups is 1. The number of fused-ring (bicyclic) bond motifs is 1. The summed E-state index contributed by atoms with van der Waals surface area (Å²) in [6, 6.07) is 13.4. The molecule has 0 spiro atoms. The van der Waals surface area contributed by atoms with E-state index in [1.807, 2.05) is 36.5 Å². The lowest BCUT2D eigenvalue weighted by atomic mass is 10.1. The van der Waals surface area contributed by atoms with E-state index in [1.54, 1.807) is 17.0 Å². The molecule has 30 heavy (non-hydrogen) atoms. The summed E-state index contributed by atoms with van der Waals surface area (Å²) >= 11 is 0. The van der Waals surface area contributed by atoms with E-state index < -0.39 is 0 Å². The number of rotatable bonds is 5. The third-order valence-corrected chi connectivity index (χ3v) is 5.25. The van der Waals surface area contributed by atoms with Gasteiger partial charge < -0.3 is 23.8 Å². The lowest BCUT2D eigenvalue weighted by molar-refractivity contribution is -0.0246. The molecule has 1 aliphatic rings. The lowest BCUT2D eigenvalue weighted by Gasteiger charge is -2.33. The fourth-order valence-electron chi connectivity index (χ4n) is 3.68. The Hall–Kier alpha value is -3.32. The summed E-state index contributed by atoms with van der Waals surface area (Å²) in [6.07, 6.45) is 1.56. The van der Waals surface area contributed by atoms with Crippen molar-refractivity contribution >= 4 is 16.7 Å². The van der Waals surface area contributed by atoms with Crippen molar-refractivity contribution in [3.8, 4) is 17.2 Å². The smallest absolute Gasteiger partial charge is 0.254 e. The molecular weight excluding hydrogens is 384 g/mol. The molecule has 156 valence electrons. The minimum Gasteiger partial charge on any atom is -0.493 e. The Morgan fingerprint density at radius 3 is 2.40 bits per heavy atom. The number of pyridine rings is 1. The zero-order valence-electron chi connectivity index (χ0n) is 17.3. The Morgan fingerprint density at radius 1 is 1.03 bits per heavy atom. The lowest BCUT2D eigenvalue weighted by Crippen LogP contribution is -2.42. The average molecular weight is 408 g/mol. The molecular formula is C23H24N2O5. The van der Waals surface area contributed by atoms with Gasteiger partial charge in [0.05, 0.1) is 40.2 Å². The van der Waals surface area contributed by atoms with Crippen LogP contribution in [0.2, 0.25) is 0 Å². The van der Waals surface area contributed by atoms with Crippen molar-refractivity contribution < 1.29 is 23.7 Å². The molecule has 2 heterocycles. The number of aromatic nitrogens is 1. The molecule has 1 fully saturated rings. The number of morpholine rings is 1. The molecule has 7 nitrogen and oxygen atoms in total. The van der Waals surface area contributed by atoms with E-state index in [2.05, 4.69) is 4.98 Å². The van der Waals surface area contributed by atoms with Crippen LogP contribution in [0.3, 0.4) is 0 Å². The number of nitrogens with zero attached hydrogens (tertiary/aromatic N) is 2. The van der Waals surface area contributed by atoms with Crippen LogP contribution in [0.1, 0.15) is 22.2 Å². The molecule has 1 aliphatic heterocycles. The van der Waals surface area contributed by atoms with Crippen molar-refractivity contribution in [3.05, 3.63) is 59.9 Å². The van der Waals surface area contributed by atoms with Crippen LogP contribution in [0.5, 0.6) is 17.2 Å². The summed E-state index contributed by atoms with van der Waals surface area (Å²) < 4.78 is 22.0. The van der Waals surface area contributed by atoms with Crippen LogP contribution >= 0.6 is 0 Å². The maximum absolute atomic E-state index is 13.2. The molecule has 7 heteroatoms. The molecule has 0 N–H and O–H groups in total. The maximum Gasteiger partial charge on any atom is 0.254 e. The van der Waals surface area contributed by atoms with Crippen molar-refractivity contribution in [3.63, 3.8) is 0 Å². The highest BCUT2D eigenvalue weighted by Crippen LogP contribution is 2.38. The highest BCUT2D eigenvalue weighted by molar-refractivity contribution is 5.95. The van der Waals surface area contributed by atoms with Gasteiger partial charge in [-0.25, -0.2) is 0 Å². The molecule has 0 unspecified atom stereocenters. The van der Waals surface area contributed by atoms with E-state index >= 15 is 0 Å². The van der Waals surface area contributed by atoms with Crippen LogP contribution in [-0.4, -0.2) is 56.8 Å². The fraction of sp³-hybridized carbons (Fsp3) is 0.304. The molecule has 1 saturated heterocycles. The zero-order valence-corrected chi connectivity index (χ0v) is 17.3. The third kappa shape index (κ3) is 3.76. The van der Waals surface area contributed by atoms with Crippen molar-refractivity contribution in [2.24, 2.45) is 0 Å². The van der Waals surface area contributed by atoms with Crippen molar-refractivity contribution in [1.82, 2.24) is 9.88 Å². The highest BCUT2D eigenvalue weighted by Gasteiger charge is 2.28. The first-order valence-corrected chi connectivity index (χ1v) is 9.70. The average Bonchev–Trinajstić information content (AvgIpc) is 2.82. The second kappa shape index (κ2) is 8.59. The van der Waals surface area contributed by atoms with Gasteiger partial charge in [-0.15, -0.1) is 0 Å². The molecule has 1 atom stereocenters. The van der Waals surface area contributed by atoms with Gasteiger partial charge in [-0.3, -0.25) is 9.78 Å². The second-order valence-electron chi connectivity index (χ2n) is 6.98. The van der Waals surface area contributed by atoms with Gasteiger partial charge in [0.1, 0.15) is 6.10 Å². The summed E-state index contributed by atoms with van der Waals surface area (Å²) in [6.45, 7) is 1.36. The number of methoxy groups -OCH3 is 3. The van der Waals surface area contributed by atoms with E-state index in [0.717, 1.165) is 16.5 Å². The molecule has 4 rings (SSSR count). The molecule has 1 amide bonds. The van der Waals surface area contributed by atoms with Gasteiger partial charge in [-0.05, 0) is 23.6 Å². The molecule has 3 aromatic rings. The summed E-state index contributed by atoms with van der Waals surface area (Å²) in [5.74, 6) is 1.22. The largest absolute Gasteiger partial charge is 0.493 e. The summed E-state index contributed by atoms with van der Waals surface area (Å²) in [5.41, 5.74) is 1.28. The predicted molar refractivity (Wildman–Crippen MR) is 112 cm³/mol. The molecule has 1 aromatic heterocycles. The van der Waals surface area contributed by atoms with Gasteiger partial charge in [0.25, 0.3) is 5.91 Å². The van der Waals surface area contributed by atoms with Crippen LogP contribution in [0.15, 0.2) is 48.7 Å². The quantitative estimate of drug-likeness (QED) is 0.644. The number of ether oxygens (including phenoxy) is 4. The molecule has 0 saturated carbocycles. The van der Waals surface area contributed by atoms with Gasteiger partial charge in [0.15, 0.2) is 11.5 Å². The van der Waals surface area contributed by atoms with Crippen molar-refractivity contribution in [1.29, 1.82) is 0 Å². The SMILES string of the molecule is COc1cc(C(=O)N2CCO[C@@H](c3cc4ccccc4cn3)C2)cc(OC)c1OC. The van der Waals surface area contributed by atoms with Gasteiger partial charge in [0, 0.05) is 23.7 Å².